The molecule has 1 heterocycles. The normalized spacial score (nSPS) is 21.4. The molecule has 2 N–H and O–H groups in total. The van der Waals surface area contributed by atoms with E-state index in [2.05, 4.69) is 42.4 Å². The first-order chi connectivity index (χ1) is 11.2. The molecule has 1 fully saturated rings. The molecule has 4 heteroatoms. The van der Waals surface area contributed by atoms with Crippen LogP contribution in [0.5, 0.6) is 0 Å². The van der Waals surface area contributed by atoms with Crippen LogP contribution >= 0.6 is 0 Å². The Labute approximate surface area is 142 Å². The highest BCUT2D eigenvalue weighted by Gasteiger charge is 2.21. The van der Waals surface area contributed by atoms with Crippen LogP contribution in [0, 0.1) is 0 Å². The van der Waals surface area contributed by atoms with Crippen LogP contribution in [0.2, 0.25) is 0 Å². The van der Waals surface area contributed by atoms with E-state index in [0.717, 1.165) is 25.5 Å². The molecule has 0 radical (unpaired) electrons. The molecule has 1 saturated heterocycles. The SMILES string of the molecule is CCNC(=NCCC1=CCCCC1)NC1CCN(C(C)C)CC1. The van der Waals surface area contributed by atoms with E-state index in [1.807, 2.05) is 0 Å². The van der Waals surface area contributed by atoms with Crippen LogP contribution in [0.1, 0.15) is 65.7 Å². The molecule has 0 spiro atoms. The zero-order valence-corrected chi connectivity index (χ0v) is 15.4. The number of guanidine groups is 1. The van der Waals surface area contributed by atoms with Crippen LogP contribution in [-0.2, 0) is 0 Å². The molecule has 0 amide bonds. The molecule has 2 rings (SSSR count). The lowest BCUT2D eigenvalue weighted by Gasteiger charge is -2.35. The second-order valence-electron chi connectivity index (χ2n) is 7.17. The van der Waals surface area contributed by atoms with E-state index >= 15 is 0 Å². The zero-order valence-electron chi connectivity index (χ0n) is 15.4. The number of hydrogen-bond acceptors (Lipinski definition) is 2. The van der Waals surface area contributed by atoms with E-state index < -0.39 is 0 Å². The third-order valence-electron chi connectivity index (χ3n) is 5.03. The number of piperidine rings is 1. The predicted octanol–water partition coefficient (Wildman–Crippen LogP) is 3.30. The molecule has 2 aliphatic rings. The maximum atomic E-state index is 4.80. The number of allylic oxidation sites excluding steroid dienone is 1. The van der Waals surface area contributed by atoms with Gasteiger partial charge in [0.25, 0.3) is 0 Å². The van der Waals surface area contributed by atoms with Gasteiger partial charge in [-0.3, -0.25) is 4.99 Å². The molecular formula is C19H36N4. The van der Waals surface area contributed by atoms with Gasteiger partial charge in [-0.2, -0.15) is 0 Å². The molecule has 4 nitrogen and oxygen atoms in total. The van der Waals surface area contributed by atoms with Crippen LogP contribution in [0.4, 0.5) is 0 Å². The van der Waals surface area contributed by atoms with E-state index in [1.54, 1.807) is 5.57 Å². The van der Waals surface area contributed by atoms with Crippen molar-refractivity contribution in [2.24, 2.45) is 4.99 Å². The first kappa shape index (κ1) is 18.3. The average Bonchev–Trinajstić information content (AvgIpc) is 2.56. The molecule has 23 heavy (non-hydrogen) atoms. The second kappa shape index (κ2) is 9.96. The molecule has 0 saturated carbocycles. The Morgan fingerprint density at radius 3 is 2.70 bits per heavy atom. The molecule has 0 bridgehead atoms. The van der Waals surface area contributed by atoms with Crippen molar-refractivity contribution in [1.82, 2.24) is 15.5 Å². The summed E-state index contributed by atoms with van der Waals surface area (Å²) < 4.78 is 0. The number of rotatable bonds is 6. The molecule has 0 unspecified atom stereocenters. The summed E-state index contributed by atoms with van der Waals surface area (Å²) in [6.45, 7) is 11.0. The monoisotopic (exact) mass is 320 g/mol. The van der Waals surface area contributed by atoms with Gasteiger partial charge in [-0.15, -0.1) is 0 Å². The lowest BCUT2D eigenvalue weighted by Crippen LogP contribution is -2.49. The fourth-order valence-electron chi connectivity index (χ4n) is 3.52. The Morgan fingerprint density at radius 2 is 2.09 bits per heavy atom. The van der Waals surface area contributed by atoms with Crippen LogP contribution in [0.15, 0.2) is 16.6 Å². The Hall–Kier alpha value is -1.03. The van der Waals surface area contributed by atoms with Gasteiger partial charge in [-0.05, 0) is 65.7 Å². The summed E-state index contributed by atoms with van der Waals surface area (Å²) in [5, 5.41) is 7.05. The number of nitrogens with zero attached hydrogens (tertiary/aromatic N) is 2. The molecule has 0 aromatic rings. The quantitative estimate of drug-likeness (QED) is 0.448. The van der Waals surface area contributed by atoms with Crippen molar-refractivity contribution < 1.29 is 0 Å². The maximum absolute atomic E-state index is 4.80. The molecule has 132 valence electrons. The molecule has 0 aromatic heterocycles. The van der Waals surface area contributed by atoms with E-state index in [9.17, 15) is 0 Å². The van der Waals surface area contributed by atoms with E-state index in [0.29, 0.717) is 12.1 Å². The Morgan fingerprint density at radius 1 is 1.30 bits per heavy atom. The third kappa shape index (κ3) is 6.54. The topological polar surface area (TPSA) is 39.7 Å². The van der Waals surface area contributed by atoms with Crippen molar-refractivity contribution in [2.75, 3.05) is 26.2 Å². The summed E-state index contributed by atoms with van der Waals surface area (Å²) in [5.41, 5.74) is 1.61. The van der Waals surface area contributed by atoms with Gasteiger partial charge < -0.3 is 15.5 Å². The predicted molar refractivity (Wildman–Crippen MR) is 100 cm³/mol. The molecule has 1 aliphatic heterocycles. The molecule has 0 aromatic carbocycles. The van der Waals surface area contributed by atoms with E-state index in [-0.39, 0.29) is 0 Å². The lowest BCUT2D eigenvalue weighted by atomic mass is 9.97. The van der Waals surface area contributed by atoms with Gasteiger partial charge in [0.2, 0.25) is 0 Å². The summed E-state index contributed by atoms with van der Waals surface area (Å²) in [7, 11) is 0. The smallest absolute Gasteiger partial charge is 0.191 e. The fraction of sp³-hybridized carbons (Fsp3) is 0.842. The van der Waals surface area contributed by atoms with Gasteiger partial charge in [0.1, 0.15) is 0 Å². The first-order valence-electron chi connectivity index (χ1n) is 9.66. The van der Waals surface area contributed by atoms with Gasteiger partial charge in [-0.25, -0.2) is 0 Å². The van der Waals surface area contributed by atoms with Crippen molar-refractivity contribution in [2.45, 2.75) is 77.8 Å². The summed E-state index contributed by atoms with van der Waals surface area (Å²) >= 11 is 0. The highest BCUT2D eigenvalue weighted by Crippen LogP contribution is 2.19. The highest BCUT2D eigenvalue weighted by molar-refractivity contribution is 5.80. The maximum Gasteiger partial charge on any atom is 0.191 e. The summed E-state index contributed by atoms with van der Waals surface area (Å²) in [6, 6.07) is 1.23. The van der Waals surface area contributed by atoms with Crippen molar-refractivity contribution in [3.8, 4) is 0 Å². The lowest BCUT2D eigenvalue weighted by molar-refractivity contribution is 0.167. The highest BCUT2D eigenvalue weighted by atomic mass is 15.2. The van der Waals surface area contributed by atoms with Gasteiger partial charge in [0.05, 0.1) is 0 Å². The van der Waals surface area contributed by atoms with E-state index in [4.69, 9.17) is 4.99 Å². The van der Waals surface area contributed by atoms with Crippen molar-refractivity contribution in [3.63, 3.8) is 0 Å². The van der Waals surface area contributed by atoms with Crippen LogP contribution in [0.3, 0.4) is 0 Å². The Balaban J connectivity index is 1.76. The zero-order chi connectivity index (χ0) is 16.5. The Bertz CT molecular complexity index is 392. The minimum absolute atomic E-state index is 0.566. The molecule has 0 atom stereocenters. The summed E-state index contributed by atoms with van der Waals surface area (Å²) in [6.07, 6.45) is 11.3. The minimum Gasteiger partial charge on any atom is -0.357 e. The van der Waals surface area contributed by atoms with Crippen LogP contribution in [-0.4, -0.2) is 49.1 Å². The second-order valence-corrected chi connectivity index (χ2v) is 7.17. The van der Waals surface area contributed by atoms with Crippen LogP contribution in [0.25, 0.3) is 0 Å². The minimum atomic E-state index is 0.566. The van der Waals surface area contributed by atoms with Gasteiger partial charge in [0.15, 0.2) is 5.96 Å². The first-order valence-corrected chi connectivity index (χ1v) is 9.66. The third-order valence-corrected chi connectivity index (χ3v) is 5.03. The molecular weight excluding hydrogens is 284 g/mol. The van der Waals surface area contributed by atoms with Crippen LogP contribution < -0.4 is 10.6 Å². The summed E-state index contributed by atoms with van der Waals surface area (Å²) in [5.74, 6) is 1.01. The number of hydrogen-bond donors (Lipinski definition) is 2. The number of aliphatic imine (C=N–C) groups is 1. The van der Waals surface area contributed by atoms with Gasteiger partial charge in [0, 0.05) is 38.3 Å². The largest absolute Gasteiger partial charge is 0.357 e. The number of nitrogens with one attached hydrogen (secondary N) is 2. The number of likely N-dealkylation sites (tertiary alicyclic amines) is 1. The van der Waals surface area contributed by atoms with Gasteiger partial charge in [-0.1, -0.05) is 11.6 Å². The van der Waals surface area contributed by atoms with Crippen molar-refractivity contribution >= 4 is 5.96 Å². The Kier molecular flexibility index (Phi) is 7.93. The van der Waals surface area contributed by atoms with Crippen molar-refractivity contribution in [3.05, 3.63) is 11.6 Å². The van der Waals surface area contributed by atoms with E-state index in [1.165, 1.54) is 51.6 Å². The van der Waals surface area contributed by atoms with Crippen molar-refractivity contribution in [1.29, 1.82) is 0 Å². The molecule has 1 aliphatic carbocycles. The summed E-state index contributed by atoms with van der Waals surface area (Å²) in [4.78, 5) is 7.36. The average molecular weight is 321 g/mol. The van der Waals surface area contributed by atoms with Gasteiger partial charge >= 0.3 is 0 Å². The standard InChI is InChI=1S/C19H36N4/c1-4-20-19(21-13-10-17-8-6-5-7-9-17)22-18-11-14-23(15-12-18)16(2)3/h8,16,18H,4-7,9-15H2,1-3H3,(H2,20,21,22). The fourth-order valence-corrected chi connectivity index (χ4v) is 3.52.